The van der Waals surface area contributed by atoms with Gasteiger partial charge in [-0.1, -0.05) is 6.92 Å². The summed E-state index contributed by atoms with van der Waals surface area (Å²) in [6.07, 6.45) is 6.25. The third-order valence-corrected chi connectivity index (χ3v) is 3.78. The molecule has 16 heavy (non-hydrogen) atoms. The van der Waals surface area contributed by atoms with Gasteiger partial charge in [-0.05, 0) is 50.5 Å². The van der Waals surface area contributed by atoms with Crippen LogP contribution in [-0.4, -0.2) is 37.0 Å². The highest BCUT2D eigenvalue weighted by Gasteiger charge is 2.44. The molecule has 1 atom stereocenters. The molecule has 0 radical (unpaired) electrons. The van der Waals surface area contributed by atoms with Crippen molar-refractivity contribution in [3.63, 3.8) is 0 Å². The molecule has 2 N–H and O–H groups in total. The molecule has 2 aliphatic carbocycles. The van der Waals surface area contributed by atoms with Gasteiger partial charge in [-0.3, -0.25) is 0 Å². The molecule has 0 aromatic heterocycles. The summed E-state index contributed by atoms with van der Waals surface area (Å²) in [7, 11) is 0. The molecule has 1 unspecified atom stereocenters. The van der Waals surface area contributed by atoms with Crippen molar-refractivity contribution in [2.75, 3.05) is 26.4 Å². The average Bonchev–Trinajstić information content (AvgIpc) is 3.16. The normalized spacial score (nSPS) is 24.4. The molecule has 0 heterocycles. The van der Waals surface area contributed by atoms with Crippen LogP contribution in [0.5, 0.6) is 0 Å². The second kappa shape index (κ2) is 5.48. The molecule has 3 nitrogen and oxygen atoms in total. The summed E-state index contributed by atoms with van der Waals surface area (Å²) in [4.78, 5) is 0. The summed E-state index contributed by atoms with van der Waals surface area (Å²) in [5, 5.41) is 13.2. The number of hydrogen-bond acceptors (Lipinski definition) is 3. The van der Waals surface area contributed by atoms with Crippen molar-refractivity contribution in [2.24, 2.45) is 11.8 Å². The highest BCUT2D eigenvalue weighted by Crippen LogP contribution is 2.40. The Morgan fingerprint density at radius 1 is 1.31 bits per heavy atom. The molecular formula is C13H25NO2. The molecule has 2 aliphatic rings. The number of nitrogens with one attached hydrogen (secondary N) is 1. The standard InChI is InChI=1S/C13H25NO2/c1-2-7-14-13(9-15,12-5-6-12)10-16-8-11-3-4-11/h11-12,14-15H,2-10H2,1H3. The van der Waals surface area contributed by atoms with Crippen molar-refractivity contribution in [1.29, 1.82) is 0 Å². The van der Waals surface area contributed by atoms with E-state index < -0.39 is 0 Å². The Labute approximate surface area is 98.6 Å². The summed E-state index contributed by atoms with van der Waals surface area (Å²) in [6.45, 7) is 4.92. The van der Waals surface area contributed by atoms with Crippen LogP contribution < -0.4 is 5.32 Å². The molecule has 0 aromatic rings. The van der Waals surface area contributed by atoms with Crippen molar-refractivity contribution in [2.45, 2.75) is 44.6 Å². The van der Waals surface area contributed by atoms with Crippen LogP contribution in [0.2, 0.25) is 0 Å². The molecule has 2 rings (SSSR count). The van der Waals surface area contributed by atoms with Gasteiger partial charge in [0, 0.05) is 6.61 Å². The van der Waals surface area contributed by atoms with Gasteiger partial charge in [-0.15, -0.1) is 0 Å². The fourth-order valence-corrected chi connectivity index (χ4v) is 2.25. The van der Waals surface area contributed by atoms with Crippen LogP contribution >= 0.6 is 0 Å². The minimum absolute atomic E-state index is 0.148. The molecule has 2 saturated carbocycles. The Bertz CT molecular complexity index is 214. The quantitative estimate of drug-likeness (QED) is 0.628. The highest BCUT2D eigenvalue weighted by molar-refractivity contribution is 5.01. The first-order valence-corrected chi connectivity index (χ1v) is 6.74. The Hall–Kier alpha value is -0.120. The van der Waals surface area contributed by atoms with Gasteiger partial charge < -0.3 is 15.2 Å². The van der Waals surface area contributed by atoms with Crippen molar-refractivity contribution in [3.8, 4) is 0 Å². The second-order valence-electron chi connectivity index (χ2n) is 5.47. The van der Waals surface area contributed by atoms with E-state index >= 15 is 0 Å². The molecule has 0 bridgehead atoms. The predicted octanol–water partition coefficient (Wildman–Crippen LogP) is 1.55. The molecule has 0 aliphatic heterocycles. The lowest BCUT2D eigenvalue weighted by Gasteiger charge is -2.33. The summed E-state index contributed by atoms with van der Waals surface area (Å²) in [6, 6.07) is 0. The second-order valence-corrected chi connectivity index (χ2v) is 5.47. The van der Waals surface area contributed by atoms with Crippen molar-refractivity contribution < 1.29 is 9.84 Å². The van der Waals surface area contributed by atoms with E-state index in [1.165, 1.54) is 25.7 Å². The van der Waals surface area contributed by atoms with Crippen LogP contribution in [0.3, 0.4) is 0 Å². The smallest absolute Gasteiger partial charge is 0.0679 e. The SMILES string of the molecule is CCCNC(CO)(COCC1CC1)C1CC1. The van der Waals surface area contributed by atoms with Gasteiger partial charge in [0.05, 0.1) is 18.8 Å². The van der Waals surface area contributed by atoms with Crippen LogP contribution in [0.15, 0.2) is 0 Å². The van der Waals surface area contributed by atoms with Gasteiger partial charge in [0.2, 0.25) is 0 Å². The zero-order chi connectivity index (χ0) is 11.4. The molecule has 0 spiro atoms. The zero-order valence-corrected chi connectivity index (χ0v) is 10.4. The monoisotopic (exact) mass is 227 g/mol. The van der Waals surface area contributed by atoms with Gasteiger partial charge in [0.1, 0.15) is 0 Å². The third kappa shape index (κ3) is 3.19. The number of aliphatic hydroxyl groups excluding tert-OH is 1. The number of ether oxygens (including phenoxy) is 1. The topological polar surface area (TPSA) is 41.5 Å². The molecule has 0 saturated heterocycles. The van der Waals surface area contributed by atoms with Crippen molar-refractivity contribution in [1.82, 2.24) is 5.32 Å². The van der Waals surface area contributed by atoms with Crippen molar-refractivity contribution in [3.05, 3.63) is 0 Å². The molecular weight excluding hydrogens is 202 g/mol. The maximum atomic E-state index is 9.65. The van der Waals surface area contributed by atoms with E-state index in [-0.39, 0.29) is 12.1 Å². The molecule has 3 heteroatoms. The summed E-state index contributed by atoms with van der Waals surface area (Å²) < 4.78 is 5.79. The van der Waals surface area contributed by atoms with E-state index in [0.29, 0.717) is 12.5 Å². The van der Waals surface area contributed by atoms with Crippen LogP contribution in [0.25, 0.3) is 0 Å². The van der Waals surface area contributed by atoms with Crippen molar-refractivity contribution >= 4 is 0 Å². The largest absolute Gasteiger partial charge is 0.394 e. The van der Waals surface area contributed by atoms with Gasteiger partial charge in [-0.2, -0.15) is 0 Å². The highest BCUT2D eigenvalue weighted by atomic mass is 16.5. The van der Waals surface area contributed by atoms with E-state index in [1.807, 2.05) is 0 Å². The molecule has 0 aromatic carbocycles. The minimum Gasteiger partial charge on any atom is -0.394 e. The van der Waals surface area contributed by atoms with Crippen LogP contribution in [-0.2, 0) is 4.74 Å². The number of aliphatic hydroxyl groups is 1. The Balaban J connectivity index is 1.78. The summed E-state index contributed by atoms with van der Waals surface area (Å²) >= 11 is 0. The minimum atomic E-state index is -0.148. The van der Waals surface area contributed by atoms with Gasteiger partial charge in [0.15, 0.2) is 0 Å². The van der Waals surface area contributed by atoms with Gasteiger partial charge >= 0.3 is 0 Å². The Morgan fingerprint density at radius 3 is 2.56 bits per heavy atom. The molecule has 0 amide bonds. The number of hydrogen-bond donors (Lipinski definition) is 2. The van der Waals surface area contributed by atoms with Gasteiger partial charge in [0.25, 0.3) is 0 Å². The lowest BCUT2D eigenvalue weighted by molar-refractivity contribution is 0.0198. The number of rotatable bonds is 9. The fourth-order valence-electron chi connectivity index (χ4n) is 2.25. The van der Waals surface area contributed by atoms with Crippen LogP contribution in [0.4, 0.5) is 0 Å². The summed E-state index contributed by atoms with van der Waals surface area (Å²) in [5.74, 6) is 1.44. The zero-order valence-electron chi connectivity index (χ0n) is 10.4. The van der Waals surface area contributed by atoms with Gasteiger partial charge in [-0.25, -0.2) is 0 Å². The lowest BCUT2D eigenvalue weighted by Crippen LogP contribution is -2.54. The van der Waals surface area contributed by atoms with Crippen LogP contribution in [0, 0.1) is 11.8 Å². The first-order chi connectivity index (χ1) is 7.80. The lowest BCUT2D eigenvalue weighted by atomic mass is 9.95. The van der Waals surface area contributed by atoms with E-state index in [9.17, 15) is 5.11 Å². The maximum Gasteiger partial charge on any atom is 0.0679 e. The van der Waals surface area contributed by atoms with E-state index in [2.05, 4.69) is 12.2 Å². The first-order valence-electron chi connectivity index (χ1n) is 6.74. The maximum absolute atomic E-state index is 9.65. The Kier molecular flexibility index (Phi) is 4.22. The molecule has 94 valence electrons. The van der Waals surface area contributed by atoms with Crippen LogP contribution in [0.1, 0.15) is 39.0 Å². The average molecular weight is 227 g/mol. The third-order valence-electron chi connectivity index (χ3n) is 3.78. The molecule has 2 fully saturated rings. The first kappa shape index (κ1) is 12.3. The van der Waals surface area contributed by atoms with E-state index in [4.69, 9.17) is 4.74 Å². The predicted molar refractivity (Wildman–Crippen MR) is 64.4 cm³/mol. The van der Waals surface area contributed by atoms with E-state index in [0.717, 1.165) is 25.5 Å². The Morgan fingerprint density at radius 2 is 2.06 bits per heavy atom. The summed E-state index contributed by atoms with van der Waals surface area (Å²) in [5.41, 5.74) is -0.148. The fraction of sp³-hybridized carbons (Fsp3) is 1.00. The van der Waals surface area contributed by atoms with E-state index in [1.54, 1.807) is 0 Å².